The summed E-state index contributed by atoms with van der Waals surface area (Å²) in [6, 6.07) is 18.2. The van der Waals surface area contributed by atoms with Crippen LogP contribution in [0, 0.1) is 22.0 Å². The van der Waals surface area contributed by atoms with Gasteiger partial charge in [-0.1, -0.05) is 64.1 Å². The molecular weight excluding hydrogens is 444 g/mol. The average Bonchev–Trinajstić information content (AvgIpc) is 2.81. The van der Waals surface area contributed by atoms with Gasteiger partial charge in [0.1, 0.15) is 5.75 Å². The van der Waals surface area contributed by atoms with Crippen molar-refractivity contribution in [3.8, 4) is 5.75 Å². The van der Waals surface area contributed by atoms with Gasteiger partial charge in [-0.15, -0.1) is 0 Å². The predicted octanol–water partition coefficient (Wildman–Crippen LogP) is 5.40. The maximum absolute atomic E-state index is 12.4. The molecule has 1 N–H and O–H groups in total. The van der Waals surface area contributed by atoms with Gasteiger partial charge in [0, 0.05) is 41.9 Å². The fourth-order valence-corrected chi connectivity index (χ4v) is 3.87. The SMILES string of the molecule is CC(C)CN(CC(C)C)c1ccc([N+](=O)[O-])cc1/C=N/NC(=O)COc1cccc2ccccc12. The number of nitrogens with one attached hydrogen (secondary N) is 1. The first kappa shape index (κ1) is 25.7. The summed E-state index contributed by atoms with van der Waals surface area (Å²) >= 11 is 0. The number of benzene rings is 3. The van der Waals surface area contributed by atoms with Crippen LogP contribution in [0.1, 0.15) is 33.3 Å². The van der Waals surface area contributed by atoms with Crippen LogP contribution in [-0.2, 0) is 4.79 Å². The number of nitro benzene ring substituents is 1. The second kappa shape index (κ2) is 12.0. The number of nitrogens with zero attached hydrogens (tertiary/aromatic N) is 3. The van der Waals surface area contributed by atoms with E-state index in [0.717, 1.165) is 29.5 Å². The standard InChI is InChI=1S/C27H32N4O4/c1-19(2)16-30(17-20(3)4)25-13-12-23(31(33)34)14-22(25)15-28-29-27(32)18-35-26-11-7-9-21-8-5-6-10-24(21)26/h5-15,19-20H,16-18H2,1-4H3,(H,29,32)/b28-15+. The molecule has 0 fully saturated rings. The second-order valence-corrected chi connectivity index (χ2v) is 9.25. The predicted molar refractivity (Wildman–Crippen MR) is 140 cm³/mol. The lowest BCUT2D eigenvalue weighted by Gasteiger charge is -2.29. The van der Waals surface area contributed by atoms with Crippen LogP contribution in [0.3, 0.4) is 0 Å². The van der Waals surface area contributed by atoms with Gasteiger partial charge in [0.2, 0.25) is 0 Å². The zero-order valence-corrected chi connectivity index (χ0v) is 20.6. The normalized spacial score (nSPS) is 11.4. The first-order valence-electron chi connectivity index (χ1n) is 11.7. The van der Waals surface area contributed by atoms with Crippen molar-refractivity contribution in [3.63, 3.8) is 0 Å². The number of non-ortho nitro benzene ring substituents is 1. The van der Waals surface area contributed by atoms with Gasteiger partial charge in [-0.2, -0.15) is 5.10 Å². The molecular formula is C27H32N4O4. The summed E-state index contributed by atoms with van der Waals surface area (Å²) in [6.07, 6.45) is 1.45. The Morgan fingerprint density at radius 2 is 1.74 bits per heavy atom. The minimum atomic E-state index is -0.438. The molecule has 0 unspecified atom stereocenters. The molecule has 0 saturated heterocycles. The van der Waals surface area contributed by atoms with Crippen LogP contribution < -0.4 is 15.1 Å². The molecule has 0 atom stereocenters. The number of fused-ring (bicyclic) bond motifs is 1. The molecule has 184 valence electrons. The number of nitro groups is 1. The number of carbonyl (C=O) groups is 1. The molecule has 0 aromatic heterocycles. The molecule has 0 spiro atoms. The van der Waals surface area contributed by atoms with E-state index in [1.54, 1.807) is 6.07 Å². The van der Waals surface area contributed by atoms with E-state index in [9.17, 15) is 14.9 Å². The van der Waals surface area contributed by atoms with Gasteiger partial charge in [-0.3, -0.25) is 14.9 Å². The van der Waals surface area contributed by atoms with E-state index in [2.05, 4.69) is 43.1 Å². The molecule has 0 aliphatic rings. The van der Waals surface area contributed by atoms with E-state index < -0.39 is 10.8 Å². The Morgan fingerprint density at radius 1 is 1.06 bits per heavy atom. The topological polar surface area (TPSA) is 97.1 Å². The highest BCUT2D eigenvalue weighted by Gasteiger charge is 2.17. The van der Waals surface area contributed by atoms with Gasteiger partial charge in [0.05, 0.1) is 11.1 Å². The molecule has 0 heterocycles. The lowest BCUT2D eigenvalue weighted by atomic mass is 10.1. The van der Waals surface area contributed by atoms with Crippen molar-refractivity contribution in [3.05, 3.63) is 76.3 Å². The summed E-state index contributed by atoms with van der Waals surface area (Å²) < 4.78 is 5.70. The third-order valence-electron chi connectivity index (χ3n) is 5.23. The van der Waals surface area contributed by atoms with E-state index in [1.165, 1.54) is 18.3 Å². The van der Waals surface area contributed by atoms with Crippen LogP contribution >= 0.6 is 0 Å². The molecule has 8 heteroatoms. The second-order valence-electron chi connectivity index (χ2n) is 9.25. The van der Waals surface area contributed by atoms with Gasteiger partial charge in [0.25, 0.3) is 11.6 Å². The third-order valence-corrected chi connectivity index (χ3v) is 5.23. The lowest BCUT2D eigenvalue weighted by Crippen LogP contribution is -2.32. The van der Waals surface area contributed by atoms with E-state index in [1.807, 2.05) is 42.5 Å². The summed E-state index contributed by atoms with van der Waals surface area (Å²) in [5, 5.41) is 17.4. The van der Waals surface area contributed by atoms with Crippen LogP contribution in [-0.4, -0.2) is 36.7 Å². The summed E-state index contributed by atoms with van der Waals surface area (Å²) in [7, 11) is 0. The molecule has 0 radical (unpaired) electrons. The monoisotopic (exact) mass is 476 g/mol. The Labute approximate surface area is 205 Å². The molecule has 0 bridgehead atoms. The number of hydrogen-bond donors (Lipinski definition) is 1. The Hall–Kier alpha value is -3.94. The number of amides is 1. The Kier molecular flexibility index (Phi) is 8.78. The van der Waals surface area contributed by atoms with Crippen LogP contribution in [0.15, 0.2) is 65.8 Å². The smallest absolute Gasteiger partial charge is 0.277 e. The summed E-state index contributed by atoms with van der Waals surface area (Å²) in [6.45, 7) is 9.89. The molecule has 3 rings (SSSR count). The van der Waals surface area contributed by atoms with Crippen LogP contribution in [0.5, 0.6) is 5.75 Å². The minimum absolute atomic E-state index is 0.0325. The number of hydrogen-bond acceptors (Lipinski definition) is 6. The number of anilines is 1. The molecule has 1 amide bonds. The maximum Gasteiger partial charge on any atom is 0.277 e. The van der Waals surface area contributed by atoms with E-state index >= 15 is 0 Å². The van der Waals surface area contributed by atoms with Gasteiger partial charge in [-0.05, 0) is 29.4 Å². The van der Waals surface area contributed by atoms with Crippen molar-refractivity contribution in [1.82, 2.24) is 5.43 Å². The van der Waals surface area contributed by atoms with Gasteiger partial charge >= 0.3 is 0 Å². The van der Waals surface area contributed by atoms with Crippen molar-refractivity contribution in [2.24, 2.45) is 16.9 Å². The molecule has 0 aliphatic heterocycles. The molecule has 0 aliphatic carbocycles. The summed E-state index contributed by atoms with van der Waals surface area (Å²) in [5.41, 5.74) is 3.83. The van der Waals surface area contributed by atoms with Crippen molar-refractivity contribution in [2.45, 2.75) is 27.7 Å². The number of hydrazone groups is 1. The molecule has 0 saturated carbocycles. The quantitative estimate of drug-likeness (QED) is 0.227. The molecule has 3 aromatic carbocycles. The van der Waals surface area contributed by atoms with Gasteiger partial charge < -0.3 is 9.64 Å². The summed E-state index contributed by atoms with van der Waals surface area (Å²) in [4.78, 5) is 25.5. The van der Waals surface area contributed by atoms with Crippen molar-refractivity contribution in [1.29, 1.82) is 0 Å². The minimum Gasteiger partial charge on any atom is -0.483 e. The molecule has 8 nitrogen and oxygen atoms in total. The van der Waals surface area contributed by atoms with Gasteiger partial charge in [0.15, 0.2) is 6.61 Å². The lowest BCUT2D eigenvalue weighted by molar-refractivity contribution is -0.384. The molecule has 3 aromatic rings. The fraction of sp³-hybridized carbons (Fsp3) is 0.333. The van der Waals surface area contributed by atoms with E-state index in [4.69, 9.17) is 4.74 Å². The van der Waals surface area contributed by atoms with Crippen molar-refractivity contribution >= 4 is 34.3 Å². The fourth-order valence-electron chi connectivity index (χ4n) is 3.87. The largest absolute Gasteiger partial charge is 0.483 e. The number of carbonyl (C=O) groups excluding carboxylic acids is 1. The Bertz CT molecular complexity index is 1190. The van der Waals surface area contributed by atoms with Crippen molar-refractivity contribution in [2.75, 3.05) is 24.6 Å². The number of ether oxygens (including phenoxy) is 1. The summed E-state index contributed by atoms with van der Waals surface area (Å²) in [5.74, 6) is 0.989. The first-order chi connectivity index (χ1) is 16.7. The Morgan fingerprint density at radius 3 is 2.43 bits per heavy atom. The highest BCUT2D eigenvalue weighted by atomic mass is 16.6. The maximum atomic E-state index is 12.4. The zero-order chi connectivity index (χ0) is 25.4. The van der Waals surface area contributed by atoms with Gasteiger partial charge in [-0.25, -0.2) is 5.43 Å². The van der Waals surface area contributed by atoms with E-state index in [0.29, 0.717) is 23.1 Å². The highest BCUT2D eigenvalue weighted by Crippen LogP contribution is 2.27. The third kappa shape index (κ3) is 7.27. The van der Waals surface area contributed by atoms with Crippen molar-refractivity contribution < 1.29 is 14.5 Å². The Balaban J connectivity index is 1.74. The zero-order valence-electron chi connectivity index (χ0n) is 20.6. The highest BCUT2D eigenvalue weighted by molar-refractivity contribution is 5.91. The first-order valence-corrected chi connectivity index (χ1v) is 11.7. The average molecular weight is 477 g/mol. The van der Waals surface area contributed by atoms with E-state index in [-0.39, 0.29) is 12.3 Å². The molecule has 35 heavy (non-hydrogen) atoms. The van der Waals surface area contributed by atoms with Crippen LogP contribution in [0.4, 0.5) is 11.4 Å². The van der Waals surface area contributed by atoms with Crippen LogP contribution in [0.2, 0.25) is 0 Å². The van der Waals surface area contributed by atoms with Crippen LogP contribution in [0.25, 0.3) is 10.8 Å². The number of rotatable bonds is 11.